The van der Waals surface area contributed by atoms with Crippen molar-refractivity contribution in [3.63, 3.8) is 0 Å². The van der Waals surface area contributed by atoms with Crippen molar-refractivity contribution in [1.82, 2.24) is 15.3 Å². The molecule has 1 aromatic carbocycles. The van der Waals surface area contributed by atoms with E-state index in [1.165, 1.54) is 13.8 Å². The number of carbonyl (C=O) groups is 1. The fourth-order valence-corrected chi connectivity index (χ4v) is 2.52. The van der Waals surface area contributed by atoms with Crippen LogP contribution in [0.1, 0.15) is 20.8 Å². The molecule has 0 saturated heterocycles. The molecular formula is C20H22FN3O4. The van der Waals surface area contributed by atoms with Crippen molar-refractivity contribution in [2.24, 2.45) is 0 Å². The number of benzene rings is 1. The Kier molecular flexibility index (Phi) is 6.08. The molecule has 1 amide bonds. The van der Waals surface area contributed by atoms with Crippen LogP contribution in [0.25, 0.3) is 22.7 Å². The summed E-state index contributed by atoms with van der Waals surface area (Å²) in [6, 6.07) is 8.54. The first-order chi connectivity index (χ1) is 13.4. The summed E-state index contributed by atoms with van der Waals surface area (Å²) in [5.41, 5.74) is 1.74. The van der Waals surface area contributed by atoms with E-state index in [1.54, 1.807) is 36.5 Å². The molecule has 148 valence electrons. The second-order valence-corrected chi connectivity index (χ2v) is 6.53. The highest BCUT2D eigenvalue weighted by Crippen LogP contribution is 2.27. The number of aromatic nitrogens is 2. The summed E-state index contributed by atoms with van der Waals surface area (Å²) >= 11 is 0. The molecule has 0 bridgehead atoms. The molecule has 28 heavy (non-hydrogen) atoms. The minimum absolute atomic E-state index is 0.0178. The average Bonchev–Trinajstić information content (AvgIpc) is 3.08. The summed E-state index contributed by atoms with van der Waals surface area (Å²) < 4.78 is 29.6. The van der Waals surface area contributed by atoms with Crippen molar-refractivity contribution >= 4 is 17.0 Å². The van der Waals surface area contributed by atoms with Crippen LogP contribution in [0.4, 0.5) is 4.39 Å². The molecule has 3 aromatic rings. The van der Waals surface area contributed by atoms with Gasteiger partial charge in [-0.25, -0.2) is 14.4 Å². The number of halogens is 1. The van der Waals surface area contributed by atoms with E-state index in [-0.39, 0.29) is 18.6 Å². The van der Waals surface area contributed by atoms with E-state index in [0.29, 0.717) is 40.8 Å². The quantitative estimate of drug-likeness (QED) is 0.636. The third-order valence-corrected chi connectivity index (χ3v) is 3.74. The maximum atomic E-state index is 12.9. The number of amides is 1. The number of alkyl halides is 1. The number of hydrogen-bond acceptors (Lipinski definition) is 6. The number of nitrogens with one attached hydrogen (secondary N) is 1. The van der Waals surface area contributed by atoms with Gasteiger partial charge in [0.05, 0.1) is 12.2 Å². The van der Waals surface area contributed by atoms with Crippen LogP contribution in [0.5, 0.6) is 11.5 Å². The first kappa shape index (κ1) is 19.6. The minimum atomic E-state index is -1.05. The molecule has 0 aliphatic heterocycles. The van der Waals surface area contributed by atoms with Crippen molar-refractivity contribution < 1.29 is 23.1 Å². The second-order valence-electron chi connectivity index (χ2n) is 6.53. The predicted octanol–water partition coefficient (Wildman–Crippen LogP) is 3.53. The Morgan fingerprint density at radius 3 is 2.61 bits per heavy atom. The van der Waals surface area contributed by atoms with Crippen LogP contribution in [0, 0.1) is 0 Å². The number of nitrogens with zero attached hydrogens (tertiary/aromatic N) is 2. The molecule has 0 saturated carbocycles. The summed E-state index contributed by atoms with van der Waals surface area (Å²) in [6.07, 6.45) is 0.522. The fraction of sp³-hybridized carbons (Fsp3) is 0.350. The van der Waals surface area contributed by atoms with Gasteiger partial charge in [-0.2, -0.15) is 0 Å². The van der Waals surface area contributed by atoms with Crippen LogP contribution >= 0.6 is 0 Å². The SMILES string of the molecule is CC(=O)N[C@@H](C)COc1ccc(-c2nc3ccc(OCC(C)F)cc3o2)nc1. The Labute approximate surface area is 161 Å². The number of oxazole rings is 1. The van der Waals surface area contributed by atoms with Crippen LogP contribution in [-0.4, -0.2) is 41.3 Å². The highest BCUT2D eigenvalue weighted by atomic mass is 19.1. The molecule has 0 radical (unpaired) electrons. The van der Waals surface area contributed by atoms with Gasteiger partial charge in [-0.3, -0.25) is 4.79 Å². The molecule has 0 aliphatic carbocycles. The molecule has 0 fully saturated rings. The molecular weight excluding hydrogens is 365 g/mol. The standard InChI is InChI=1S/C20H22FN3O4/c1-12(21)10-26-15-4-6-17-19(8-15)28-20(24-17)18-7-5-16(9-22-18)27-11-13(2)23-14(3)25/h4-9,12-13H,10-11H2,1-3H3,(H,23,25)/t12?,13-/m0/s1. The summed E-state index contributed by atoms with van der Waals surface area (Å²) in [6.45, 7) is 5.07. The highest BCUT2D eigenvalue weighted by Gasteiger charge is 2.12. The molecule has 8 heteroatoms. The van der Waals surface area contributed by atoms with Gasteiger partial charge in [0.2, 0.25) is 11.8 Å². The van der Waals surface area contributed by atoms with Crippen molar-refractivity contribution in [2.45, 2.75) is 33.0 Å². The summed E-state index contributed by atoms with van der Waals surface area (Å²) in [5, 5.41) is 2.74. The van der Waals surface area contributed by atoms with Gasteiger partial charge in [-0.15, -0.1) is 0 Å². The van der Waals surface area contributed by atoms with Crippen molar-refractivity contribution in [1.29, 1.82) is 0 Å². The smallest absolute Gasteiger partial charge is 0.246 e. The predicted molar refractivity (Wildman–Crippen MR) is 102 cm³/mol. The van der Waals surface area contributed by atoms with E-state index in [2.05, 4.69) is 15.3 Å². The van der Waals surface area contributed by atoms with Gasteiger partial charge >= 0.3 is 0 Å². The lowest BCUT2D eigenvalue weighted by atomic mass is 10.3. The maximum absolute atomic E-state index is 12.9. The van der Waals surface area contributed by atoms with Gasteiger partial charge in [-0.05, 0) is 38.1 Å². The van der Waals surface area contributed by atoms with Gasteiger partial charge in [0.1, 0.15) is 42.1 Å². The third-order valence-electron chi connectivity index (χ3n) is 3.74. The normalized spacial score (nSPS) is 13.1. The highest BCUT2D eigenvalue weighted by molar-refractivity contribution is 5.77. The lowest BCUT2D eigenvalue weighted by Gasteiger charge is -2.13. The second kappa shape index (κ2) is 8.69. The van der Waals surface area contributed by atoms with Crippen molar-refractivity contribution in [3.8, 4) is 23.1 Å². The van der Waals surface area contributed by atoms with Crippen LogP contribution < -0.4 is 14.8 Å². The monoisotopic (exact) mass is 387 g/mol. The largest absolute Gasteiger partial charge is 0.490 e. The van der Waals surface area contributed by atoms with Gasteiger partial charge < -0.3 is 19.2 Å². The summed E-state index contributed by atoms with van der Waals surface area (Å²) in [4.78, 5) is 19.7. The first-order valence-corrected chi connectivity index (χ1v) is 8.94. The van der Waals surface area contributed by atoms with Crippen LogP contribution in [0.3, 0.4) is 0 Å². The minimum Gasteiger partial charge on any atom is -0.490 e. The number of fused-ring (bicyclic) bond motifs is 1. The van der Waals surface area contributed by atoms with E-state index >= 15 is 0 Å². The Hall–Kier alpha value is -3.16. The third kappa shape index (κ3) is 5.18. The molecule has 1 unspecified atom stereocenters. The van der Waals surface area contributed by atoms with E-state index in [1.807, 2.05) is 6.92 Å². The number of rotatable bonds is 8. The molecule has 2 aromatic heterocycles. The molecule has 1 N–H and O–H groups in total. The Balaban J connectivity index is 1.67. The van der Waals surface area contributed by atoms with E-state index < -0.39 is 6.17 Å². The Morgan fingerprint density at radius 1 is 1.18 bits per heavy atom. The first-order valence-electron chi connectivity index (χ1n) is 8.94. The van der Waals surface area contributed by atoms with Crippen LogP contribution in [0.15, 0.2) is 40.9 Å². The van der Waals surface area contributed by atoms with Crippen LogP contribution in [0.2, 0.25) is 0 Å². The number of ether oxygens (including phenoxy) is 2. The Morgan fingerprint density at radius 2 is 1.93 bits per heavy atom. The van der Waals surface area contributed by atoms with E-state index in [4.69, 9.17) is 13.9 Å². The average molecular weight is 387 g/mol. The zero-order valence-electron chi connectivity index (χ0n) is 15.9. The molecule has 2 heterocycles. The topological polar surface area (TPSA) is 86.5 Å². The molecule has 3 rings (SSSR count). The maximum Gasteiger partial charge on any atom is 0.246 e. The summed E-state index contributed by atoms with van der Waals surface area (Å²) in [5.74, 6) is 1.36. The van der Waals surface area contributed by atoms with Gasteiger partial charge in [0, 0.05) is 13.0 Å². The number of carbonyl (C=O) groups excluding carboxylic acids is 1. The summed E-state index contributed by atoms with van der Waals surface area (Å²) in [7, 11) is 0. The zero-order valence-corrected chi connectivity index (χ0v) is 15.9. The molecule has 7 nitrogen and oxygen atoms in total. The lowest BCUT2D eigenvalue weighted by molar-refractivity contribution is -0.119. The van der Waals surface area contributed by atoms with Gasteiger partial charge in [0.15, 0.2) is 5.58 Å². The fourth-order valence-electron chi connectivity index (χ4n) is 2.52. The van der Waals surface area contributed by atoms with E-state index in [0.717, 1.165) is 0 Å². The molecule has 2 atom stereocenters. The lowest BCUT2D eigenvalue weighted by Crippen LogP contribution is -2.35. The number of hydrogen-bond donors (Lipinski definition) is 1. The van der Waals surface area contributed by atoms with Gasteiger partial charge in [0.25, 0.3) is 0 Å². The van der Waals surface area contributed by atoms with Crippen molar-refractivity contribution in [3.05, 3.63) is 36.5 Å². The van der Waals surface area contributed by atoms with Gasteiger partial charge in [-0.1, -0.05) is 0 Å². The zero-order chi connectivity index (χ0) is 20.1. The molecule has 0 spiro atoms. The molecule has 0 aliphatic rings. The Bertz CT molecular complexity index is 940. The van der Waals surface area contributed by atoms with Crippen molar-refractivity contribution in [2.75, 3.05) is 13.2 Å². The number of pyridine rings is 1. The van der Waals surface area contributed by atoms with E-state index in [9.17, 15) is 9.18 Å². The van der Waals surface area contributed by atoms with Crippen LogP contribution in [-0.2, 0) is 4.79 Å².